The van der Waals surface area contributed by atoms with E-state index in [4.69, 9.17) is 14.6 Å². The van der Waals surface area contributed by atoms with Crippen LogP contribution in [0.2, 0.25) is 0 Å². The number of methoxy groups -OCH3 is 1. The van der Waals surface area contributed by atoms with Crippen molar-refractivity contribution < 1.29 is 32.6 Å². The topological polar surface area (TPSA) is 114 Å². The van der Waals surface area contributed by atoms with Gasteiger partial charge in [-0.15, -0.1) is 0 Å². The van der Waals surface area contributed by atoms with Crippen LogP contribution in [-0.4, -0.2) is 64.9 Å². The number of carboxylic acid groups (broad SMARTS) is 1. The molecule has 2 heterocycles. The number of rotatable bonds is 4. The van der Waals surface area contributed by atoms with Gasteiger partial charge in [-0.25, -0.2) is 9.78 Å². The zero-order chi connectivity index (χ0) is 20.6. The first-order valence-corrected chi connectivity index (χ1v) is 7.88. The number of carbonyl (C=O) groups excluding carboxylic acids is 1. The lowest BCUT2D eigenvalue weighted by Crippen LogP contribution is -2.30. The number of nitrogens with one attached hydrogen (secondary N) is 1. The fourth-order valence-corrected chi connectivity index (χ4v) is 2.25. The van der Waals surface area contributed by atoms with Crippen LogP contribution in [0.3, 0.4) is 0 Å². The summed E-state index contributed by atoms with van der Waals surface area (Å²) < 4.78 is 38.2. The lowest BCUT2D eigenvalue weighted by Gasteiger charge is -2.13. The van der Waals surface area contributed by atoms with Gasteiger partial charge in [-0.3, -0.25) is 19.1 Å². The van der Waals surface area contributed by atoms with Gasteiger partial charge in [0.1, 0.15) is 12.4 Å². The SMILES string of the molecule is COCC(=O)NCc1cc(=O)n2c(n1)CN(C)CCC2.O=C(O)C(F)(F)F. The van der Waals surface area contributed by atoms with Gasteiger partial charge in [0.2, 0.25) is 5.91 Å². The van der Waals surface area contributed by atoms with Crippen LogP contribution in [0, 0.1) is 0 Å². The summed E-state index contributed by atoms with van der Waals surface area (Å²) in [6, 6.07) is 1.49. The molecule has 1 aliphatic heterocycles. The summed E-state index contributed by atoms with van der Waals surface area (Å²) >= 11 is 0. The number of carboxylic acids is 1. The minimum absolute atomic E-state index is 0.00661. The van der Waals surface area contributed by atoms with Crippen molar-refractivity contribution in [3.05, 3.63) is 27.9 Å². The average Bonchev–Trinajstić information content (AvgIpc) is 2.74. The molecule has 27 heavy (non-hydrogen) atoms. The molecule has 1 aliphatic rings. The second kappa shape index (κ2) is 10.0. The van der Waals surface area contributed by atoms with E-state index in [9.17, 15) is 22.8 Å². The van der Waals surface area contributed by atoms with Crippen LogP contribution in [0.15, 0.2) is 10.9 Å². The number of nitrogens with zero attached hydrogens (tertiary/aromatic N) is 3. The molecule has 0 aliphatic carbocycles. The van der Waals surface area contributed by atoms with Crippen LogP contribution in [-0.2, 0) is 34.0 Å². The summed E-state index contributed by atoms with van der Waals surface area (Å²) in [6.07, 6.45) is -4.14. The van der Waals surface area contributed by atoms with Crippen molar-refractivity contribution in [3.63, 3.8) is 0 Å². The molecule has 9 nitrogen and oxygen atoms in total. The minimum Gasteiger partial charge on any atom is -0.475 e. The quantitative estimate of drug-likeness (QED) is 0.738. The van der Waals surface area contributed by atoms with Gasteiger partial charge >= 0.3 is 12.1 Å². The number of carbonyl (C=O) groups is 2. The Labute approximate surface area is 152 Å². The van der Waals surface area contributed by atoms with E-state index in [1.54, 1.807) is 4.57 Å². The van der Waals surface area contributed by atoms with Crippen molar-refractivity contribution in [1.82, 2.24) is 19.8 Å². The fraction of sp³-hybridized carbons (Fsp3) is 0.600. The minimum atomic E-state index is -5.08. The zero-order valence-electron chi connectivity index (χ0n) is 14.9. The van der Waals surface area contributed by atoms with E-state index in [0.29, 0.717) is 18.8 Å². The lowest BCUT2D eigenvalue weighted by molar-refractivity contribution is -0.192. The number of aromatic nitrogens is 2. The Morgan fingerprint density at radius 3 is 2.56 bits per heavy atom. The molecular formula is C15H21F3N4O5. The number of aliphatic carboxylic acids is 1. The third-order valence-electron chi connectivity index (χ3n) is 3.46. The predicted octanol–water partition coefficient (Wildman–Crippen LogP) is -0.0253. The summed E-state index contributed by atoms with van der Waals surface area (Å²) in [5, 5.41) is 9.80. The number of alkyl halides is 3. The molecule has 1 amide bonds. The van der Waals surface area contributed by atoms with Gasteiger partial charge in [-0.2, -0.15) is 13.2 Å². The number of ether oxygens (including phenoxy) is 1. The molecule has 2 rings (SSSR count). The Morgan fingerprint density at radius 1 is 1.37 bits per heavy atom. The number of fused-ring (bicyclic) bond motifs is 1. The van der Waals surface area contributed by atoms with Gasteiger partial charge in [0, 0.05) is 26.3 Å². The lowest BCUT2D eigenvalue weighted by atomic mass is 10.3. The van der Waals surface area contributed by atoms with Crippen molar-refractivity contribution in [2.24, 2.45) is 0 Å². The smallest absolute Gasteiger partial charge is 0.475 e. The van der Waals surface area contributed by atoms with Gasteiger partial charge in [0.25, 0.3) is 5.56 Å². The molecule has 152 valence electrons. The number of hydrogen-bond donors (Lipinski definition) is 2. The van der Waals surface area contributed by atoms with Crippen LogP contribution >= 0.6 is 0 Å². The molecule has 0 saturated carbocycles. The third-order valence-corrected chi connectivity index (χ3v) is 3.46. The maximum Gasteiger partial charge on any atom is 0.490 e. The van der Waals surface area contributed by atoms with Gasteiger partial charge in [-0.1, -0.05) is 0 Å². The second-order valence-electron chi connectivity index (χ2n) is 5.76. The molecule has 0 spiro atoms. The van der Waals surface area contributed by atoms with Crippen LogP contribution in [0.5, 0.6) is 0 Å². The van der Waals surface area contributed by atoms with Crippen molar-refractivity contribution in [1.29, 1.82) is 0 Å². The Morgan fingerprint density at radius 2 is 2.00 bits per heavy atom. The Bertz CT molecular complexity index is 720. The Hall–Kier alpha value is -2.47. The standard InChI is InChI=1S/C13H20N4O3.C2HF3O2/c1-16-4-3-5-17-11(8-16)15-10(6-13(17)19)7-14-12(18)9-20-2;3-2(4,5)1(6)7/h6H,3-5,7-9H2,1-2H3,(H,14,18);(H,6,7). The Balaban J connectivity index is 0.000000445. The fourth-order valence-electron chi connectivity index (χ4n) is 2.25. The van der Waals surface area contributed by atoms with Gasteiger partial charge < -0.3 is 15.2 Å². The van der Waals surface area contributed by atoms with Crippen molar-refractivity contribution in [2.45, 2.75) is 32.2 Å². The molecule has 0 atom stereocenters. The van der Waals surface area contributed by atoms with Crippen LogP contribution < -0.4 is 10.9 Å². The maximum absolute atomic E-state index is 12.1. The summed E-state index contributed by atoms with van der Waals surface area (Å²) in [5.41, 5.74) is 0.530. The number of hydrogen-bond acceptors (Lipinski definition) is 6. The normalized spacial score (nSPS) is 14.4. The first-order chi connectivity index (χ1) is 12.5. The molecule has 0 bridgehead atoms. The van der Waals surface area contributed by atoms with Crippen molar-refractivity contribution in [2.75, 3.05) is 27.3 Å². The first kappa shape index (κ1) is 22.6. The van der Waals surface area contributed by atoms with Crippen molar-refractivity contribution >= 4 is 11.9 Å². The van der Waals surface area contributed by atoms with E-state index >= 15 is 0 Å². The average molecular weight is 394 g/mol. The number of amides is 1. The summed E-state index contributed by atoms with van der Waals surface area (Å²) in [7, 11) is 3.47. The molecule has 1 aromatic heterocycles. The highest BCUT2D eigenvalue weighted by Crippen LogP contribution is 2.13. The maximum atomic E-state index is 12.1. The molecule has 0 saturated heterocycles. The van der Waals surface area contributed by atoms with E-state index in [2.05, 4.69) is 15.2 Å². The van der Waals surface area contributed by atoms with E-state index < -0.39 is 12.1 Å². The van der Waals surface area contributed by atoms with Gasteiger partial charge in [0.15, 0.2) is 0 Å². The van der Waals surface area contributed by atoms with E-state index in [0.717, 1.165) is 18.8 Å². The van der Waals surface area contributed by atoms with E-state index in [1.165, 1.54) is 13.2 Å². The molecule has 12 heteroatoms. The zero-order valence-corrected chi connectivity index (χ0v) is 14.9. The van der Waals surface area contributed by atoms with E-state index in [1.807, 2.05) is 7.05 Å². The van der Waals surface area contributed by atoms with Gasteiger partial charge in [0.05, 0.1) is 18.8 Å². The van der Waals surface area contributed by atoms with Crippen molar-refractivity contribution in [3.8, 4) is 0 Å². The molecular weight excluding hydrogens is 373 g/mol. The first-order valence-electron chi connectivity index (χ1n) is 7.88. The largest absolute Gasteiger partial charge is 0.490 e. The summed E-state index contributed by atoms with van der Waals surface area (Å²) in [5.74, 6) is -2.22. The molecule has 0 fully saturated rings. The number of halogens is 3. The third kappa shape index (κ3) is 7.74. The summed E-state index contributed by atoms with van der Waals surface area (Å²) in [6.45, 7) is 2.54. The molecule has 0 radical (unpaired) electrons. The van der Waals surface area contributed by atoms with E-state index in [-0.39, 0.29) is 24.6 Å². The molecule has 2 N–H and O–H groups in total. The second-order valence-corrected chi connectivity index (χ2v) is 5.76. The molecule has 1 aromatic rings. The monoisotopic (exact) mass is 394 g/mol. The summed E-state index contributed by atoms with van der Waals surface area (Å²) in [4.78, 5) is 38.9. The molecule has 0 unspecified atom stereocenters. The van der Waals surface area contributed by atoms with Crippen LogP contribution in [0.4, 0.5) is 13.2 Å². The highest BCUT2D eigenvalue weighted by Gasteiger charge is 2.38. The predicted molar refractivity (Wildman–Crippen MR) is 86.9 cm³/mol. The van der Waals surface area contributed by atoms with Crippen LogP contribution in [0.25, 0.3) is 0 Å². The molecule has 0 aromatic carbocycles. The van der Waals surface area contributed by atoms with Crippen LogP contribution in [0.1, 0.15) is 17.9 Å². The highest BCUT2D eigenvalue weighted by atomic mass is 19.4. The van der Waals surface area contributed by atoms with Gasteiger partial charge in [-0.05, 0) is 13.5 Å². The highest BCUT2D eigenvalue weighted by molar-refractivity contribution is 5.77. The Kier molecular flexibility index (Phi) is 8.37.